The lowest BCUT2D eigenvalue weighted by Crippen LogP contribution is -2.11. The number of rotatable bonds is 6. The lowest BCUT2D eigenvalue weighted by atomic mass is 10.3. The van der Waals surface area contributed by atoms with Crippen LogP contribution in [-0.2, 0) is 15.6 Å². The Kier molecular flexibility index (Phi) is 6.29. The van der Waals surface area contributed by atoms with Gasteiger partial charge in [0.25, 0.3) is 0 Å². The molecule has 0 amide bonds. The zero-order chi connectivity index (χ0) is 9.40. The standard InChI is InChI=1S/C7H11NO3S/c8-4-2-1-3-5-12(11)6-7(9)10/h1-3,5-6H2,(H,9,10). The van der Waals surface area contributed by atoms with E-state index in [-0.39, 0.29) is 5.75 Å². The van der Waals surface area contributed by atoms with E-state index in [1.807, 2.05) is 6.07 Å². The maximum absolute atomic E-state index is 10.9. The average molecular weight is 189 g/mol. The van der Waals surface area contributed by atoms with Gasteiger partial charge in [0.15, 0.2) is 0 Å². The molecule has 0 saturated carbocycles. The quantitative estimate of drug-likeness (QED) is 0.617. The van der Waals surface area contributed by atoms with Crippen molar-refractivity contribution < 1.29 is 14.1 Å². The van der Waals surface area contributed by atoms with Gasteiger partial charge in [-0.15, -0.1) is 0 Å². The van der Waals surface area contributed by atoms with E-state index in [9.17, 15) is 9.00 Å². The Morgan fingerprint density at radius 3 is 2.67 bits per heavy atom. The second-order valence-electron chi connectivity index (χ2n) is 2.30. The molecule has 0 aliphatic rings. The van der Waals surface area contributed by atoms with Crippen LogP contribution in [0, 0.1) is 11.3 Å². The molecule has 5 heteroatoms. The molecule has 0 saturated heterocycles. The molecule has 12 heavy (non-hydrogen) atoms. The fourth-order valence-electron chi connectivity index (χ4n) is 0.677. The van der Waals surface area contributed by atoms with Gasteiger partial charge in [-0.2, -0.15) is 5.26 Å². The predicted molar refractivity (Wildman–Crippen MR) is 45.0 cm³/mol. The zero-order valence-corrected chi connectivity index (χ0v) is 7.47. The van der Waals surface area contributed by atoms with Gasteiger partial charge in [-0.3, -0.25) is 9.00 Å². The number of hydrogen-bond donors (Lipinski definition) is 1. The first kappa shape index (κ1) is 11.1. The van der Waals surface area contributed by atoms with E-state index in [1.165, 1.54) is 0 Å². The number of unbranched alkanes of at least 4 members (excludes halogenated alkanes) is 2. The molecule has 68 valence electrons. The summed E-state index contributed by atoms with van der Waals surface area (Å²) in [4.78, 5) is 10.1. The van der Waals surface area contributed by atoms with Crippen molar-refractivity contribution in [1.82, 2.24) is 0 Å². The molecule has 0 fully saturated rings. The number of carboxylic acids is 1. The Morgan fingerprint density at radius 2 is 2.17 bits per heavy atom. The molecule has 0 radical (unpaired) electrons. The minimum atomic E-state index is -1.26. The zero-order valence-electron chi connectivity index (χ0n) is 6.65. The lowest BCUT2D eigenvalue weighted by molar-refractivity contribution is -0.133. The van der Waals surface area contributed by atoms with Crippen LogP contribution in [0.3, 0.4) is 0 Å². The highest BCUT2D eigenvalue weighted by atomic mass is 32.2. The van der Waals surface area contributed by atoms with Crippen LogP contribution in [-0.4, -0.2) is 26.8 Å². The van der Waals surface area contributed by atoms with Crippen molar-refractivity contribution in [3.63, 3.8) is 0 Å². The summed E-state index contributed by atoms with van der Waals surface area (Å²) in [6, 6.07) is 1.97. The topological polar surface area (TPSA) is 78.2 Å². The van der Waals surface area contributed by atoms with Gasteiger partial charge in [0.1, 0.15) is 5.75 Å². The van der Waals surface area contributed by atoms with Gasteiger partial charge in [-0.1, -0.05) is 0 Å². The minimum Gasteiger partial charge on any atom is -0.481 e. The average Bonchev–Trinajstić information content (AvgIpc) is 1.97. The summed E-state index contributed by atoms with van der Waals surface area (Å²) < 4.78 is 10.9. The maximum atomic E-state index is 10.9. The van der Waals surface area contributed by atoms with Crippen molar-refractivity contribution in [3.05, 3.63) is 0 Å². The molecule has 0 aromatic rings. The molecular formula is C7H11NO3S. The molecule has 0 aromatic carbocycles. The largest absolute Gasteiger partial charge is 0.481 e. The maximum Gasteiger partial charge on any atom is 0.316 e. The van der Waals surface area contributed by atoms with E-state index in [2.05, 4.69) is 0 Å². The second-order valence-corrected chi connectivity index (χ2v) is 3.87. The van der Waals surface area contributed by atoms with Gasteiger partial charge in [-0.25, -0.2) is 0 Å². The number of nitrogens with zero attached hydrogens (tertiary/aromatic N) is 1. The first-order valence-corrected chi connectivity index (χ1v) is 5.09. The highest BCUT2D eigenvalue weighted by Crippen LogP contribution is 1.96. The highest BCUT2D eigenvalue weighted by molar-refractivity contribution is 7.85. The molecule has 0 aliphatic heterocycles. The molecule has 1 unspecified atom stereocenters. The molecule has 4 nitrogen and oxygen atoms in total. The Balaban J connectivity index is 3.33. The van der Waals surface area contributed by atoms with Gasteiger partial charge in [-0.05, 0) is 12.8 Å². The molecule has 1 N–H and O–H groups in total. The first-order chi connectivity index (χ1) is 5.66. The number of nitriles is 1. The van der Waals surface area contributed by atoms with Crippen LogP contribution in [0.25, 0.3) is 0 Å². The van der Waals surface area contributed by atoms with Crippen LogP contribution >= 0.6 is 0 Å². The van der Waals surface area contributed by atoms with Crippen LogP contribution in [0.4, 0.5) is 0 Å². The number of hydrogen-bond acceptors (Lipinski definition) is 3. The van der Waals surface area contributed by atoms with Crippen LogP contribution in [0.5, 0.6) is 0 Å². The number of carbonyl (C=O) groups is 1. The Labute approximate surface area is 73.7 Å². The molecular weight excluding hydrogens is 178 g/mol. The van der Waals surface area contributed by atoms with E-state index in [0.717, 1.165) is 0 Å². The SMILES string of the molecule is N#CCCCCS(=O)CC(=O)O. The van der Waals surface area contributed by atoms with Crippen molar-refractivity contribution in [2.75, 3.05) is 11.5 Å². The van der Waals surface area contributed by atoms with Gasteiger partial charge in [0.05, 0.1) is 6.07 Å². The van der Waals surface area contributed by atoms with Crippen LogP contribution in [0.1, 0.15) is 19.3 Å². The molecule has 0 bridgehead atoms. The van der Waals surface area contributed by atoms with Crippen molar-refractivity contribution >= 4 is 16.8 Å². The first-order valence-electron chi connectivity index (χ1n) is 3.60. The third-order valence-electron chi connectivity index (χ3n) is 1.20. The summed E-state index contributed by atoms with van der Waals surface area (Å²) in [5, 5.41) is 16.4. The summed E-state index contributed by atoms with van der Waals surface area (Å²) in [6.07, 6.45) is 1.81. The Hall–Kier alpha value is -0.890. The smallest absolute Gasteiger partial charge is 0.316 e. The highest BCUT2D eigenvalue weighted by Gasteiger charge is 2.04. The Morgan fingerprint density at radius 1 is 1.50 bits per heavy atom. The molecule has 0 spiro atoms. The summed E-state index contributed by atoms with van der Waals surface area (Å²) in [5.41, 5.74) is 0. The fraction of sp³-hybridized carbons (Fsp3) is 0.714. The van der Waals surface area contributed by atoms with E-state index >= 15 is 0 Å². The van der Waals surface area contributed by atoms with E-state index in [1.54, 1.807) is 0 Å². The molecule has 1 atom stereocenters. The number of aliphatic carboxylic acids is 1. The second kappa shape index (κ2) is 6.80. The normalized spacial score (nSPS) is 11.9. The summed E-state index contributed by atoms with van der Waals surface area (Å²) in [7, 11) is -1.26. The van der Waals surface area contributed by atoms with Gasteiger partial charge >= 0.3 is 5.97 Å². The van der Waals surface area contributed by atoms with E-state index in [0.29, 0.717) is 25.0 Å². The predicted octanol–water partition coefficient (Wildman–Crippen LogP) is 0.514. The van der Waals surface area contributed by atoms with E-state index in [4.69, 9.17) is 10.4 Å². The van der Waals surface area contributed by atoms with Gasteiger partial charge in [0, 0.05) is 23.0 Å². The summed E-state index contributed by atoms with van der Waals surface area (Å²) in [6.45, 7) is 0. The molecule has 0 aliphatic carbocycles. The van der Waals surface area contributed by atoms with Crippen LogP contribution in [0.15, 0.2) is 0 Å². The van der Waals surface area contributed by atoms with Crippen molar-refractivity contribution in [1.29, 1.82) is 5.26 Å². The molecule has 0 rings (SSSR count). The van der Waals surface area contributed by atoms with Crippen molar-refractivity contribution in [2.24, 2.45) is 0 Å². The minimum absolute atomic E-state index is 0.285. The van der Waals surface area contributed by atoms with Crippen molar-refractivity contribution in [2.45, 2.75) is 19.3 Å². The third kappa shape index (κ3) is 7.22. The van der Waals surface area contributed by atoms with Crippen molar-refractivity contribution in [3.8, 4) is 6.07 Å². The molecule has 0 heterocycles. The van der Waals surface area contributed by atoms with Crippen LogP contribution < -0.4 is 0 Å². The summed E-state index contributed by atoms with van der Waals surface area (Å²) in [5.74, 6) is -0.936. The third-order valence-corrected chi connectivity index (χ3v) is 2.51. The van der Waals surface area contributed by atoms with Gasteiger partial charge < -0.3 is 5.11 Å². The summed E-state index contributed by atoms with van der Waals surface area (Å²) >= 11 is 0. The van der Waals surface area contributed by atoms with E-state index < -0.39 is 16.8 Å². The number of carboxylic acid groups (broad SMARTS) is 1. The van der Waals surface area contributed by atoms with Crippen LogP contribution in [0.2, 0.25) is 0 Å². The fourth-order valence-corrected chi connectivity index (χ4v) is 1.62. The van der Waals surface area contributed by atoms with Gasteiger partial charge in [0.2, 0.25) is 0 Å². The monoisotopic (exact) mass is 189 g/mol. The lowest BCUT2D eigenvalue weighted by Gasteiger charge is -1.96. The molecule has 0 aromatic heterocycles. The Bertz CT molecular complexity index is 209.